The number of methoxy groups -OCH3 is 1. The fraction of sp³-hybridized carbons (Fsp3) is 0.727. The molecule has 0 aromatic heterocycles. The Morgan fingerprint density at radius 1 is 0.538 bits per heavy atom. The van der Waals surface area contributed by atoms with Gasteiger partial charge in [-0.15, -0.1) is 17.8 Å². The van der Waals surface area contributed by atoms with Crippen LogP contribution in [0.15, 0.2) is 0 Å². The van der Waals surface area contributed by atoms with Crippen molar-refractivity contribution in [1.82, 2.24) is 0 Å². The lowest BCUT2D eigenvalue weighted by Crippen LogP contribution is -2.28. The first-order valence-electron chi connectivity index (χ1n) is 9.08. The molecule has 0 aromatic carbocycles. The standard InChI is InChI=1S/C13H20O2.C9H16O2/c1-5-7-9-11-14-13(3,4)15-12-10-8-6-2;1-5-6-7-8-11-9(2,3)10-4/h5-6,11-12H2,1-4H3;5,8H2,1-4H3. The minimum absolute atomic E-state index is 0.405. The van der Waals surface area contributed by atoms with Gasteiger partial charge in [0.25, 0.3) is 0 Å². The van der Waals surface area contributed by atoms with E-state index < -0.39 is 11.6 Å². The molecule has 0 rings (SSSR count). The van der Waals surface area contributed by atoms with Crippen molar-refractivity contribution < 1.29 is 18.9 Å². The van der Waals surface area contributed by atoms with Gasteiger partial charge in [0.1, 0.15) is 19.8 Å². The van der Waals surface area contributed by atoms with Crippen LogP contribution in [0.3, 0.4) is 0 Å². The summed E-state index contributed by atoms with van der Waals surface area (Å²) >= 11 is 0. The Morgan fingerprint density at radius 2 is 0.846 bits per heavy atom. The number of rotatable bonds is 7. The molecule has 148 valence electrons. The average Bonchev–Trinajstić information content (AvgIpc) is 2.60. The number of hydrogen-bond acceptors (Lipinski definition) is 4. The third-order valence-corrected chi connectivity index (χ3v) is 2.87. The maximum Gasteiger partial charge on any atom is 0.165 e. The smallest absolute Gasteiger partial charge is 0.165 e. The Labute approximate surface area is 161 Å². The highest BCUT2D eigenvalue weighted by Gasteiger charge is 2.17. The van der Waals surface area contributed by atoms with Crippen molar-refractivity contribution in [3.63, 3.8) is 0 Å². The molecule has 0 amide bonds. The summed E-state index contributed by atoms with van der Waals surface area (Å²) < 4.78 is 21.2. The van der Waals surface area contributed by atoms with Crippen molar-refractivity contribution in [2.45, 2.75) is 79.3 Å². The van der Waals surface area contributed by atoms with Gasteiger partial charge >= 0.3 is 0 Å². The quantitative estimate of drug-likeness (QED) is 0.496. The zero-order chi connectivity index (χ0) is 20.3. The van der Waals surface area contributed by atoms with Gasteiger partial charge in [-0.2, -0.15) is 0 Å². The van der Waals surface area contributed by atoms with Crippen LogP contribution in [0, 0.1) is 35.5 Å². The monoisotopic (exact) mass is 364 g/mol. The molecule has 0 N–H and O–H groups in total. The van der Waals surface area contributed by atoms with Crippen LogP contribution >= 0.6 is 0 Å². The maximum absolute atomic E-state index is 5.45. The van der Waals surface area contributed by atoms with Gasteiger partial charge in [-0.05, 0) is 27.7 Å². The first-order valence-corrected chi connectivity index (χ1v) is 9.08. The second-order valence-electron chi connectivity index (χ2n) is 5.99. The highest BCUT2D eigenvalue weighted by Crippen LogP contribution is 2.10. The van der Waals surface area contributed by atoms with Crippen molar-refractivity contribution in [1.29, 1.82) is 0 Å². The highest BCUT2D eigenvalue weighted by molar-refractivity contribution is 4.99. The predicted molar refractivity (Wildman–Crippen MR) is 107 cm³/mol. The van der Waals surface area contributed by atoms with Crippen LogP contribution in [-0.2, 0) is 18.9 Å². The van der Waals surface area contributed by atoms with E-state index in [-0.39, 0.29) is 0 Å². The molecule has 0 aliphatic carbocycles. The first-order chi connectivity index (χ1) is 12.2. The molecule has 0 saturated carbocycles. The molecule has 0 saturated heterocycles. The molecule has 0 aliphatic rings. The van der Waals surface area contributed by atoms with Gasteiger partial charge in [-0.1, -0.05) is 38.5 Å². The molecule has 0 heterocycles. The van der Waals surface area contributed by atoms with E-state index in [9.17, 15) is 0 Å². The molecular formula is C22H36O4. The second-order valence-corrected chi connectivity index (χ2v) is 5.99. The van der Waals surface area contributed by atoms with Gasteiger partial charge in [-0.3, -0.25) is 0 Å². The normalized spacial score (nSPS) is 10.2. The van der Waals surface area contributed by atoms with Crippen LogP contribution in [0.4, 0.5) is 0 Å². The Morgan fingerprint density at radius 3 is 1.12 bits per heavy atom. The summed E-state index contributed by atoms with van der Waals surface area (Å²) in [5.74, 6) is 16.4. The number of ether oxygens (including phenoxy) is 4. The predicted octanol–water partition coefficient (Wildman–Crippen LogP) is 4.38. The van der Waals surface area contributed by atoms with E-state index in [1.165, 1.54) is 0 Å². The van der Waals surface area contributed by atoms with E-state index in [2.05, 4.69) is 35.5 Å². The van der Waals surface area contributed by atoms with Crippen LogP contribution < -0.4 is 0 Å². The maximum atomic E-state index is 5.45. The summed E-state index contributed by atoms with van der Waals surface area (Å²) in [7, 11) is 1.62. The molecule has 0 atom stereocenters. The molecule has 0 unspecified atom stereocenters. The van der Waals surface area contributed by atoms with Gasteiger partial charge in [0.05, 0.1) is 0 Å². The van der Waals surface area contributed by atoms with E-state index in [1.807, 2.05) is 48.5 Å². The van der Waals surface area contributed by atoms with Crippen LogP contribution in [-0.4, -0.2) is 38.5 Å². The van der Waals surface area contributed by atoms with Gasteiger partial charge in [-0.25, -0.2) is 0 Å². The van der Waals surface area contributed by atoms with E-state index in [0.29, 0.717) is 19.8 Å². The fourth-order valence-corrected chi connectivity index (χ4v) is 1.26. The molecule has 26 heavy (non-hydrogen) atoms. The van der Waals surface area contributed by atoms with Crippen molar-refractivity contribution in [3.8, 4) is 35.5 Å². The SMILES string of the molecule is CCC#CCOC(C)(C)OC.CCC#CCOC(C)(C)OCC#CCC. The van der Waals surface area contributed by atoms with Crippen LogP contribution in [0.5, 0.6) is 0 Å². The molecule has 0 aliphatic heterocycles. The fourth-order valence-electron chi connectivity index (χ4n) is 1.26. The molecule has 0 radical (unpaired) electrons. The summed E-state index contributed by atoms with van der Waals surface area (Å²) in [5, 5.41) is 0. The molecule has 0 fully saturated rings. The van der Waals surface area contributed by atoms with Gasteiger partial charge in [0.2, 0.25) is 0 Å². The average molecular weight is 365 g/mol. The van der Waals surface area contributed by atoms with Crippen LogP contribution in [0.2, 0.25) is 0 Å². The molecule has 0 aromatic rings. The molecule has 4 nitrogen and oxygen atoms in total. The van der Waals surface area contributed by atoms with Crippen molar-refractivity contribution >= 4 is 0 Å². The topological polar surface area (TPSA) is 36.9 Å². The van der Waals surface area contributed by atoms with E-state index in [4.69, 9.17) is 18.9 Å². The Balaban J connectivity index is 0. The Bertz CT molecular complexity index is 488. The van der Waals surface area contributed by atoms with Crippen molar-refractivity contribution in [3.05, 3.63) is 0 Å². The van der Waals surface area contributed by atoms with Gasteiger partial charge < -0.3 is 18.9 Å². The number of hydrogen-bond donors (Lipinski definition) is 0. The lowest BCUT2D eigenvalue weighted by atomic mass is 10.4. The Kier molecular flexibility index (Phi) is 17.4. The van der Waals surface area contributed by atoms with Crippen molar-refractivity contribution in [2.24, 2.45) is 0 Å². The largest absolute Gasteiger partial charge is 0.354 e. The van der Waals surface area contributed by atoms with E-state index in [1.54, 1.807) is 7.11 Å². The summed E-state index contributed by atoms with van der Waals surface area (Å²) in [5.41, 5.74) is 0. The summed E-state index contributed by atoms with van der Waals surface area (Å²) in [4.78, 5) is 0. The summed E-state index contributed by atoms with van der Waals surface area (Å²) in [6, 6.07) is 0. The van der Waals surface area contributed by atoms with E-state index >= 15 is 0 Å². The molecule has 0 spiro atoms. The zero-order valence-electron chi connectivity index (χ0n) is 17.9. The first kappa shape index (κ1) is 26.7. The summed E-state index contributed by atoms with van der Waals surface area (Å²) in [6.45, 7) is 14.7. The third-order valence-electron chi connectivity index (χ3n) is 2.87. The minimum atomic E-state index is -0.606. The van der Waals surface area contributed by atoms with Gasteiger partial charge in [0.15, 0.2) is 11.6 Å². The third kappa shape index (κ3) is 20.6. The Hall–Kier alpha value is -1.48. The second kappa shape index (κ2) is 17.0. The van der Waals surface area contributed by atoms with Crippen LogP contribution in [0.1, 0.15) is 67.7 Å². The van der Waals surface area contributed by atoms with E-state index in [0.717, 1.165) is 19.3 Å². The molecular weight excluding hydrogens is 328 g/mol. The zero-order valence-corrected chi connectivity index (χ0v) is 17.9. The van der Waals surface area contributed by atoms with Crippen molar-refractivity contribution in [2.75, 3.05) is 26.9 Å². The summed E-state index contributed by atoms with van der Waals surface area (Å²) in [6.07, 6.45) is 2.58. The van der Waals surface area contributed by atoms with Crippen LogP contribution in [0.25, 0.3) is 0 Å². The molecule has 0 bridgehead atoms. The highest BCUT2D eigenvalue weighted by atomic mass is 16.7. The molecule has 4 heteroatoms. The minimum Gasteiger partial charge on any atom is -0.354 e. The lowest BCUT2D eigenvalue weighted by Gasteiger charge is -2.23. The van der Waals surface area contributed by atoms with Gasteiger partial charge in [0, 0.05) is 26.4 Å². The lowest BCUT2D eigenvalue weighted by molar-refractivity contribution is -0.197.